The maximum absolute atomic E-state index is 12.4. The molecular formula is C17H19NO3S. The Balaban J connectivity index is 1.60. The highest BCUT2D eigenvalue weighted by Gasteiger charge is 2.24. The predicted molar refractivity (Wildman–Crippen MR) is 86.6 cm³/mol. The molecule has 1 aliphatic heterocycles. The number of likely N-dealkylation sites (N-methyl/N-ethyl adjacent to an activating group) is 1. The quantitative estimate of drug-likeness (QED) is 0.851. The molecule has 1 atom stereocenters. The van der Waals surface area contributed by atoms with Crippen molar-refractivity contribution in [2.24, 2.45) is 0 Å². The Labute approximate surface area is 134 Å². The molecule has 3 rings (SSSR count). The molecule has 0 fully saturated rings. The molecule has 1 aromatic heterocycles. The van der Waals surface area contributed by atoms with Gasteiger partial charge in [-0.1, -0.05) is 12.1 Å². The molecule has 0 spiro atoms. The molecule has 0 saturated heterocycles. The number of hydrogen-bond acceptors (Lipinski definition) is 4. The lowest BCUT2D eigenvalue weighted by molar-refractivity contribution is -0.131. The Morgan fingerprint density at radius 3 is 2.86 bits per heavy atom. The van der Waals surface area contributed by atoms with E-state index in [1.54, 1.807) is 11.3 Å². The summed E-state index contributed by atoms with van der Waals surface area (Å²) in [5, 5.41) is 4.01. The van der Waals surface area contributed by atoms with Crippen molar-refractivity contribution in [2.75, 3.05) is 19.7 Å². The molecule has 4 nitrogen and oxygen atoms in total. The number of para-hydroxylation sites is 2. The zero-order valence-corrected chi connectivity index (χ0v) is 13.3. The summed E-state index contributed by atoms with van der Waals surface area (Å²) in [6, 6.07) is 9.62. The molecule has 1 amide bonds. The molecule has 1 aliphatic rings. The van der Waals surface area contributed by atoms with Crippen molar-refractivity contribution in [1.82, 2.24) is 4.90 Å². The number of benzene rings is 1. The smallest absolute Gasteiger partial charge is 0.227 e. The second-order valence-corrected chi connectivity index (χ2v) is 6.02. The van der Waals surface area contributed by atoms with Crippen LogP contribution in [0.15, 0.2) is 41.1 Å². The number of hydrogen-bond donors (Lipinski definition) is 0. The maximum atomic E-state index is 12.4. The fraction of sp³-hybridized carbons (Fsp3) is 0.353. The predicted octanol–water partition coefficient (Wildman–Crippen LogP) is 2.98. The summed E-state index contributed by atoms with van der Waals surface area (Å²) in [6.45, 7) is 3.68. The molecule has 0 N–H and O–H groups in total. The maximum Gasteiger partial charge on any atom is 0.227 e. The summed E-state index contributed by atoms with van der Waals surface area (Å²) in [4.78, 5) is 14.2. The van der Waals surface area contributed by atoms with Crippen LogP contribution >= 0.6 is 11.3 Å². The van der Waals surface area contributed by atoms with Gasteiger partial charge in [-0.2, -0.15) is 11.3 Å². The topological polar surface area (TPSA) is 38.8 Å². The number of rotatable bonds is 5. The van der Waals surface area contributed by atoms with Crippen molar-refractivity contribution < 1.29 is 14.3 Å². The van der Waals surface area contributed by atoms with E-state index in [-0.39, 0.29) is 12.0 Å². The third-order valence-corrected chi connectivity index (χ3v) is 4.39. The summed E-state index contributed by atoms with van der Waals surface area (Å²) < 4.78 is 11.6. The van der Waals surface area contributed by atoms with Crippen molar-refractivity contribution in [1.29, 1.82) is 0 Å². The SMILES string of the molecule is CCN(CC1COc2ccccc2O1)C(=O)Cc1ccsc1. The summed E-state index contributed by atoms with van der Waals surface area (Å²) in [6.07, 6.45) is 0.322. The average Bonchev–Trinajstić information content (AvgIpc) is 3.05. The number of carbonyl (C=O) groups excluding carboxylic acids is 1. The van der Waals surface area contributed by atoms with Gasteiger partial charge in [0, 0.05) is 6.54 Å². The number of amides is 1. The highest BCUT2D eigenvalue weighted by molar-refractivity contribution is 7.07. The van der Waals surface area contributed by atoms with E-state index in [9.17, 15) is 4.79 Å². The lowest BCUT2D eigenvalue weighted by Crippen LogP contribution is -2.44. The van der Waals surface area contributed by atoms with Crippen LogP contribution in [-0.2, 0) is 11.2 Å². The van der Waals surface area contributed by atoms with E-state index in [0.29, 0.717) is 26.1 Å². The zero-order valence-electron chi connectivity index (χ0n) is 12.5. The first-order valence-corrected chi connectivity index (χ1v) is 8.38. The Hall–Kier alpha value is -2.01. The summed E-state index contributed by atoms with van der Waals surface area (Å²) in [7, 11) is 0. The molecule has 22 heavy (non-hydrogen) atoms. The monoisotopic (exact) mass is 317 g/mol. The van der Waals surface area contributed by atoms with E-state index < -0.39 is 0 Å². The minimum absolute atomic E-state index is 0.124. The molecular weight excluding hydrogens is 298 g/mol. The van der Waals surface area contributed by atoms with Gasteiger partial charge in [0.15, 0.2) is 17.6 Å². The van der Waals surface area contributed by atoms with Crippen LogP contribution < -0.4 is 9.47 Å². The molecule has 0 aliphatic carbocycles. The second-order valence-electron chi connectivity index (χ2n) is 5.24. The van der Waals surface area contributed by atoms with Gasteiger partial charge in [-0.15, -0.1) is 0 Å². The van der Waals surface area contributed by atoms with E-state index in [0.717, 1.165) is 17.1 Å². The van der Waals surface area contributed by atoms with E-state index >= 15 is 0 Å². The molecule has 116 valence electrons. The van der Waals surface area contributed by atoms with Gasteiger partial charge in [-0.25, -0.2) is 0 Å². The van der Waals surface area contributed by atoms with Crippen LogP contribution in [0.25, 0.3) is 0 Å². The van der Waals surface area contributed by atoms with E-state index in [2.05, 4.69) is 0 Å². The third-order valence-electron chi connectivity index (χ3n) is 3.66. The molecule has 5 heteroatoms. The van der Waals surface area contributed by atoms with Crippen LogP contribution in [0.5, 0.6) is 11.5 Å². The Bertz CT molecular complexity index is 627. The fourth-order valence-corrected chi connectivity index (χ4v) is 3.15. The number of ether oxygens (including phenoxy) is 2. The first kappa shape index (κ1) is 14.9. The molecule has 0 radical (unpaired) electrons. The van der Waals surface area contributed by atoms with Crippen LogP contribution in [0.3, 0.4) is 0 Å². The number of nitrogens with zero attached hydrogens (tertiary/aromatic N) is 1. The van der Waals surface area contributed by atoms with Gasteiger partial charge in [0.2, 0.25) is 5.91 Å². The van der Waals surface area contributed by atoms with Crippen molar-refractivity contribution in [3.05, 3.63) is 46.7 Å². The Morgan fingerprint density at radius 2 is 2.14 bits per heavy atom. The van der Waals surface area contributed by atoms with E-state index in [1.807, 2.05) is 52.9 Å². The normalized spacial score (nSPS) is 16.3. The van der Waals surface area contributed by atoms with Gasteiger partial charge < -0.3 is 14.4 Å². The number of fused-ring (bicyclic) bond motifs is 1. The van der Waals surface area contributed by atoms with Crippen LogP contribution in [0.4, 0.5) is 0 Å². The van der Waals surface area contributed by atoms with Gasteiger partial charge in [-0.05, 0) is 41.4 Å². The summed E-state index contributed by atoms with van der Waals surface area (Å²) in [5.74, 6) is 1.65. The minimum Gasteiger partial charge on any atom is -0.486 e. The fourth-order valence-electron chi connectivity index (χ4n) is 2.49. The molecule has 2 aromatic rings. The van der Waals surface area contributed by atoms with Crippen molar-refractivity contribution >= 4 is 17.2 Å². The van der Waals surface area contributed by atoms with Crippen LogP contribution in [0.2, 0.25) is 0 Å². The zero-order chi connectivity index (χ0) is 15.4. The molecule has 1 unspecified atom stereocenters. The van der Waals surface area contributed by atoms with Crippen molar-refractivity contribution in [3.63, 3.8) is 0 Å². The van der Waals surface area contributed by atoms with Gasteiger partial charge in [0.25, 0.3) is 0 Å². The summed E-state index contributed by atoms with van der Waals surface area (Å²) >= 11 is 1.61. The van der Waals surface area contributed by atoms with Gasteiger partial charge in [0.05, 0.1) is 13.0 Å². The lowest BCUT2D eigenvalue weighted by Gasteiger charge is -2.31. The van der Waals surface area contributed by atoms with Gasteiger partial charge >= 0.3 is 0 Å². The number of carbonyl (C=O) groups is 1. The number of thiophene rings is 1. The first-order chi connectivity index (χ1) is 10.8. The molecule has 0 bridgehead atoms. The van der Waals surface area contributed by atoms with Crippen LogP contribution in [-0.4, -0.2) is 36.6 Å². The highest BCUT2D eigenvalue weighted by Crippen LogP contribution is 2.31. The van der Waals surface area contributed by atoms with E-state index in [1.165, 1.54) is 0 Å². The molecule has 0 saturated carbocycles. The summed E-state index contributed by atoms with van der Waals surface area (Å²) in [5.41, 5.74) is 1.07. The Kier molecular flexibility index (Phi) is 4.63. The largest absolute Gasteiger partial charge is 0.486 e. The average molecular weight is 317 g/mol. The lowest BCUT2D eigenvalue weighted by atomic mass is 10.2. The standard InChI is InChI=1S/C17H19NO3S/c1-2-18(17(19)9-13-7-8-22-12-13)10-14-11-20-15-5-3-4-6-16(15)21-14/h3-8,12,14H,2,9-11H2,1H3. The van der Waals surface area contributed by atoms with E-state index in [4.69, 9.17) is 9.47 Å². The third kappa shape index (κ3) is 3.42. The first-order valence-electron chi connectivity index (χ1n) is 7.43. The molecule has 1 aromatic carbocycles. The van der Waals surface area contributed by atoms with Gasteiger partial charge in [-0.3, -0.25) is 4.79 Å². The van der Waals surface area contributed by atoms with Gasteiger partial charge in [0.1, 0.15) is 6.61 Å². The van der Waals surface area contributed by atoms with Crippen LogP contribution in [0.1, 0.15) is 12.5 Å². The van der Waals surface area contributed by atoms with Crippen LogP contribution in [0, 0.1) is 0 Å². The second kappa shape index (κ2) is 6.83. The van der Waals surface area contributed by atoms with Crippen molar-refractivity contribution in [2.45, 2.75) is 19.4 Å². The molecule has 2 heterocycles. The Morgan fingerprint density at radius 1 is 1.32 bits per heavy atom. The minimum atomic E-state index is -0.124. The van der Waals surface area contributed by atoms with Crippen molar-refractivity contribution in [3.8, 4) is 11.5 Å². The highest BCUT2D eigenvalue weighted by atomic mass is 32.1.